The predicted molar refractivity (Wildman–Crippen MR) is 30.9 cm³/mol. The molecule has 0 spiro atoms. The minimum absolute atomic E-state index is 0.0949. The van der Waals surface area contributed by atoms with E-state index in [0.29, 0.717) is 13.1 Å². The number of nitrogens with zero attached hydrogens (tertiary/aromatic N) is 2. The zero-order chi connectivity index (χ0) is 6.69. The summed E-state index contributed by atoms with van der Waals surface area (Å²) in [5.41, 5.74) is 0. The van der Waals surface area contributed by atoms with Crippen LogP contribution in [0, 0.1) is 5.92 Å². The van der Waals surface area contributed by atoms with E-state index in [1.807, 2.05) is 0 Å². The molecule has 52 valence electrons. The second kappa shape index (κ2) is 2.89. The molecule has 0 amide bonds. The summed E-state index contributed by atoms with van der Waals surface area (Å²) in [5.74, 6) is -0.0949. The maximum absolute atomic E-state index is 8.63. The van der Waals surface area contributed by atoms with Crippen LogP contribution in [0.1, 0.15) is 6.42 Å². The van der Waals surface area contributed by atoms with Gasteiger partial charge in [-0.15, -0.1) is 0 Å². The molecule has 1 unspecified atom stereocenters. The summed E-state index contributed by atoms with van der Waals surface area (Å²) in [6.45, 7) is 1.08. The van der Waals surface area contributed by atoms with Crippen LogP contribution in [0.15, 0.2) is 10.2 Å². The van der Waals surface area contributed by atoms with Crippen LogP contribution in [0.4, 0.5) is 0 Å². The summed E-state index contributed by atoms with van der Waals surface area (Å²) in [6, 6.07) is 0. The number of hydrogen-bond acceptors (Lipinski definition) is 4. The molecule has 1 aliphatic rings. The average Bonchev–Trinajstić information content (AvgIpc) is 1.90. The molecule has 1 heterocycles. The molecule has 0 aliphatic carbocycles. The zero-order valence-electron chi connectivity index (χ0n) is 5.06. The second-order valence-electron chi connectivity index (χ2n) is 2.15. The van der Waals surface area contributed by atoms with E-state index in [1.54, 1.807) is 0 Å². The minimum Gasteiger partial charge on any atom is -0.368 e. The Morgan fingerprint density at radius 1 is 1.33 bits per heavy atom. The van der Waals surface area contributed by atoms with Crippen molar-refractivity contribution < 1.29 is 10.2 Å². The number of aliphatic hydroxyl groups excluding tert-OH is 1. The smallest absolute Gasteiger partial charge is 0.156 e. The standard InChI is InChI=1S/C5H10N2O2/c8-5(9)4-1-2-6-7-3-4/h4-5,8-9H,1-3H2. The van der Waals surface area contributed by atoms with Crippen molar-refractivity contribution in [1.29, 1.82) is 0 Å². The average molecular weight is 130 g/mol. The molecule has 0 saturated carbocycles. The van der Waals surface area contributed by atoms with Gasteiger partial charge in [0.2, 0.25) is 0 Å². The molecule has 9 heavy (non-hydrogen) atoms. The van der Waals surface area contributed by atoms with Crippen LogP contribution in [0.25, 0.3) is 0 Å². The first-order chi connectivity index (χ1) is 4.30. The Hall–Kier alpha value is -0.480. The Balaban J connectivity index is 2.35. The molecule has 1 atom stereocenters. The maximum Gasteiger partial charge on any atom is 0.156 e. The van der Waals surface area contributed by atoms with E-state index in [4.69, 9.17) is 10.2 Å². The molecule has 2 N–H and O–H groups in total. The van der Waals surface area contributed by atoms with Crippen molar-refractivity contribution >= 4 is 0 Å². The molecule has 0 aromatic heterocycles. The Kier molecular flexibility index (Phi) is 2.13. The van der Waals surface area contributed by atoms with Gasteiger partial charge >= 0.3 is 0 Å². The van der Waals surface area contributed by atoms with Crippen molar-refractivity contribution in [2.45, 2.75) is 12.7 Å². The normalized spacial score (nSPS) is 27.2. The molecular formula is C5H10N2O2. The molecule has 0 bridgehead atoms. The van der Waals surface area contributed by atoms with Crippen LogP contribution in [-0.4, -0.2) is 29.6 Å². The number of hydrogen-bond donors (Lipinski definition) is 2. The summed E-state index contributed by atoms with van der Waals surface area (Å²) in [6.07, 6.45) is -0.481. The van der Waals surface area contributed by atoms with Gasteiger partial charge in [0.1, 0.15) is 0 Å². The summed E-state index contributed by atoms with van der Waals surface area (Å²) in [7, 11) is 0. The molecule has 4 heteroatoms. The lowest BCUT2D eigenvalue weighted by molar-refractivity contribution is -0.0842. The fraction of sp³-hybridized carbons (Fsp3) is 1.00. The Morgan fingerprint density at radius 3 is 2.44 bits per heavy atom. The SMILES string of the molecule is OC(O)C1CCN=NC1. The van der Waals surface area contributed by atoms with Crippen molar-refractivity contribution in [3.8, 4) is 0 Å². The van der Waals surface area contributed by atoms with Crippen LogP contribution >= 0.6 is 0 Å². The largest absolute Gasteiger partial charge is 0.368 e. The van der Waals surface area contributed by atoms with Crippen molar-refractivity contribution in [2.75, 3.05) is 13.1 Å². The highest BCUT2D eigenvalue weighted by Gasteiger charge is 2.17. The summed E-state index contributed by atoms with van der Waals surface area (Å²) in [4.78, 5) is 0. The van der Waals surface area contributed by atoms with Gasteiger partial charge in [-0.2, -0.15) is 10.2 Å². The molecule has 0 aromatic carbocycles. The van der Waals surface area contributed by atoms with Gasteiger partial charge in [-0.25, -0.2) is 0 Å². The molecule has 0 aromatic rings. The monoisotopic (exact) mass is 130 g/mol. The molecular weight excluding hydrogens is 120 g/mol. The maximum atomic E-state index is 8.63. The fourth-order valence-corrected chi connectivity index (χ4v) is 0.792. The van der Waals surface area contributed by atoms with Crippen LogP contribution < -0.4 is 0 Å². The van der Waals surface area contributed by atoms with Crippen LogP contribution in [-0.2, 0) is 0 Å². The van der Waals surface area contributed by atoms with Crippen molar-refractivity contribution in [2.24, 2.45) is 16.1 Å². The van der Waals surface area contributed by atoms with E-state index >= 15 is 0 Å². The third-order valence-corrected chi connectivity index (χ3v) is 1.44. The first-order valence-electron chi connectivity index (χ1n) is 3.00. The van der Waals surface area contributed by atoms with Crippen LogP contribution in [0.3, 0.4) is 0 Å². The number of aliphatic hydroxyl groups is 2. The zero-order valence-corrected chi connectivity index (χ0v) is 5.06. The highest BCUT2D eigenvalue weighted by atomic mass is 16.5. The first-order valence-corrected chi connectivity index (χ1v) is 3.00. The van der Waals surface area contributed by atoms with Gasteiger partial charge < -0.3 is 10.2 Å². The van der Waals surface area contributed by atoms with Crippen molar-refractivity contribution in [3.05, 3.63) is 0 Å². The van der Waals surface area contributed by atoms with E-state index in [2.05, 4.69) is 10.2 Å². The molecule has 4 nitrogen and oxygen atoms in total. The molecule has 0 radical (unpaired) electrons. The highest BCUT2D eigenvalue weighted by molar-refractivity contribution is 4.67. The van der Waals surface area contributed by atoms with Gasteiger partial charge in [-0.05, 0) is 6.42 Å². The summed E-state index contributed by atoms with van der Waals surface area (Å²) >= 11 is 0. The van der Waals surface area contributed by atoms with E-state index in [0.717, 1.165) is 6.42 Å². The summed E-state index contributed by atoms with van der Waals surface area (Å²) in [5, 5.41) is 24.7. The lowest BCUT2D eigenvalue weighted by Crippen LogP contribution is -2.24. The summed E-state index contributed by atoms with van der Waals surface area (Å²) < 4.78 is 0. The Bertz CT molecular complexity index is 114. The molecule has 0 saturated heterocycles. The van der Waals surface area contributed by atoms with Crippen molar-refractivity contribution in [3.63, 3.8) is 0 Å². The van der Waals surface area contributed by atoms with E-state index in [9.17, 15) is 0 Å². The molecule has 1 aliphatic heterocycles. The van der Waals surface area contributed by atoms with E-state index in [-0.39, 0.29) is 5.92 Å². The van der Waals surface area contributed by atoms with Gasteiger partial charge in [0.15, 0.2) is 6.29 Å². The Labute approximate surface area is 53.2 Å². The molecule has 1 rings (SSSR count). The van der Waals surface area contributed by atoms with E-state index in [1.165, 1.54) is 0 Å². The quantitative estimate of drug-likeness (QED) is 0.481. The third-order valence-electron chi connectivity index (χ3n) is 1.44. The first kappa shape index (κ1) is 6.64. The van der Waals surface area contributed by atoms with Gasteiger partial charge in [-0.1, -0.05) is 0 Å². The van der Waals surface area contributed by atoms with Crippen LogP contribution in [0.2, 0.25) is 0 Å². The highest BCUT2D eigenvalue weighted by Crippen LogP contribution is 2.12. The fourth-order valence-electron chi connectivity index (χ4n) is 0.792. The molecule has 0 fully saturated rings. The lowest BCUT2D eigenvalue weighted by Gasteiger charge is -2.17. The lowest BCUT2D eigenvalue weighted by atomic mass is 10.1. The second-order valence-corrected chi connectivity index (χ2v) is 2.15. The third kappa shape index (κ3) is 1.73. The van der Waals surface area contributed by atoms with Gasteiger partial charge in [0.25, 0.3) is 0 Å². The predicted octanol–water partition coefficient (Wildman–Crippen LogP) is -0.231. The van der Waals surface area contributed by atoms with Gasteiger partial charge in [-0.3, -0.25) is 0 Å². The Morgan fingerprint density at radius 2 is 2.11 bits per heavy atom. The number of rotatable bonds is 1. The van der Waals surface area contributed by atoms with Crippen LogP contribution in [0.5, 0.6) is 0 Å². The minimum atomic E-state index is -1.22. The van der Waals surface area contributed by atoms with Gasteiger partial charge in [0.05, 0.1) is 13.1 Å². The van der Waals surface area contributed by atoms with E-state index < -0.39 is 6.29 Å². The van der Waals surface area contributed by atoms with Gasteiger partial charge in [0, 0.05) is 5.92 Å². The topological polar surface area (TPSA) is 65.2 Å². The van der Waals surface area contributed by atoms with Crippen molar-refractivity contribution in [1.82, 2.24) is 0 Å². The number of azo groups is 1.